The summed E-state index contributed by atoms with van der Waals surface area (Å²) in [6.45, 7) is 5.77. The highest BCUT2D eigenvalue weighted by Gasteiger charge is 2.44. The van der Waals surface area contributed by atoms with Gasteiger partial charge in [0.1, 0.15) is 5.75 Å². The fourth-order valence-electron chi connectivity index (χ4n) is 7.83. The average Bonchev–Trinajstić information content (AvgIpc) is 3.10. The molecule has 2 aromatic rings. The Balaban J connectivity index is 1.42. The van der Waals surface area contributed by atoms with Crippen LogP contribution in [0.2, 0.25) is 5.02 Å². The first-order valence-electron chi connectivity index (χ1n) is 15.8. The minimum Gasteiger partial charge on any atom is -0.490 e. The lowest BCUT2D eigenvalue weighted by Gasteiger charge is -2.45. The molecule has 0 aromatic heterocycles. The first kappa shape index (κ1) is 30.5. The molecule has 7 nitrogen and oxygen atoms in total. The van der Waals surface area contributed by atoms with Crippen molar-refractivity contribution in [3.05, 3.63) is 70.3 Å². The Morgan fingerprint density at radius 1 is 1.19 bits per heavy atom. The molecule has 2 heterocycles. The summed E-state index contributed by atoms with van der Waals surface area (Å²) in [4.78, 5) is 15.8. The first-order chi connectivity index (χ1) is 20.6. The van der Waals surface area contributed by atoms with Crippen molar-refractivity contribution in [1.82, 2.24) is 4.72 Å². The number of nitrogens with one attached hydrogen (secondary N) is 1. The van der Waals surface area contributed by atoms with Crippen molar-refractivity contribution in [2.24, 2.45) is 17.8 Å². The maximum absolute atomic E-state index is 13.5. The molecule has 2 N–H and O–H groups in total. The van der Waals surface area contributed by atoms with Gasteiger partial charge < -0.3 is 14.7 Å². The Morgan fingerprint density at radius 3 is 2.79 bits per heavy atom. The number of benzene rings is 2. The lowest BCUT2D eigenvalue weighted by atomic mass is 9.68. The summed E-state index contributed by atoms with van der Waals surface area (Å²) >= 11 is 6.39. The van der Waals surface area contributed by atoms with Crippen LogP contribution in [0.4, 0.5) is 5.69 Å². The van der Waals surface area contributed by atoms with Gasteiger partial charge in [-0.25, -0.2) is 13.1 Å². The number of hydrogen-bond donors (Lipinski definition) is 2. The first-order valence-corrected chi connectivity index (χ1v) is 17.7. The molecule has 2 aromatic carbocycles. The quantitative estimate of drug-likeness (QED) is 0.396. The van der Waals surface area contributed by atoms with Crippen LogP contribution >= 0.6 is 11.6 Å². The SMILES string of the molecule is CCCC1[C@H](C)C/C=C\[C@@H](O)[C@@H]2CC[C@H]2CN2C[C@@]3(CCCc4cc(Cl)ccc43)COc3ccc(cc32)C(=O)NS1(=O)=O. The summed E-state index contributed by atoms with van der Waals surface area (Å²) in [5.74, 6) is 0.271. The van der Waals surface area contributed by atoms with Crippen LogP contribution in [0.1, 0.15) is 80.3 Å². The van der Waals surface area contributed by atoms with E-state index in [4.69, 9.17) is 16.3 Å². The molecule has 2 bridgehead atoms. The number of halogens is 1. The van der Waals surface area contributed by atoms with Crippen molar-refractivity contribution in [2.75, 3.05) is 24.6 Å². The number of carbonyl (C=O) groups is 1. The van der Waals surface area contributed by atoms with Gasteiger partial charge in [-0.05, 0) is 104 Å². The van der Waals surface area contributed by atoms with Gasteiger partial charge in [0, 0.05) is 29.1 Å². The molecule has 1 spiro atoms. The largest absolute Gasteiger partial charge is 0.490 e. The van der Waals surface area contributed by atoms with E-state index in [2.05, 4.69) is 21.8 Å². The number of rotatable bonds is 2. The van der Waals surface area contributed by atoms with Crippen LogP contribution in [-0.4, -0.2) is 50.5 Å². The van der Waals surface area contributed by atoms with Crippen molar-refractivity contribution in [1.29, 1.82) is 0 Å². The Bertz CT molecular complexity index is 1510. The monoisotopic (exact) mass is 626 g/mol. The summed E-state index contributed by atoms with van der Waals surface area (Å²) in [6.07, 6.45) is 9.79. The normalized spacial score (nSPS) is 32.8. The summed E-state index contributed by atoms with van der Waals surface area (Å²) in [6, 6.07) is 11.4. The molecule has 1 unspecified atom stereocenters. The third-order valence-electron chi connectivity index (χ3n) is 10.4. The van der Waals surface area contributed by atoms with E-state index >= 15 is 0 Å². The highest BCUT2D eigenvalue weighted by atomic mass is 35.5. The van der Waals surface area contributed by atoms with Gasteiger partial charge in [-0.3, -0.25) is 4.79 Å². The van der Waals surface area contributed by atoms with Crippen molar-refractivity contribution in [3.8, 4) is 5.75 Å². The smallest absolute Gasteiger partial charge is 0.264 e. The standard InChI is InChI=1S/C34H43ClN2O5S/c1-3-6-32-22(2)7-4-9-30(38)27-13-10-25(27)19-37-20-34(16-5-8-23-17-26(35)12-14-28(23)34)21-42-31-15-11-24(18-29(31)37)33(39)36-43(32,40)41/h4,9,11-12,14-15,17-18,22,25,27,30,32,38H,3,5-8,10,13,16,19-21H2,1-2H3,(H,36,39)/b9-4-/t22-,25+,27-,30-,32?,34+/m1/s1. The van der Waals surface area contributed by atoms with Crippen LogP contribution in [0.15, 0.2) is 48.6 Å². The van der Waals surface area contributed by atoms with Crippen molar-refractivity contribution >= 4 is 33.2 Å². The molecular weight excluding hydrogens is 584 g/mol. The number of aliphatic hydroxyl groups is 1. The molecule has 0 saturated heterocycles. The van der Waals surface area contributed by atoms with Gasteiger partial charge in [0.2, 0.25) is 10.0 Å². The van der Waals surface area contributed by atoms with Crippen molar-refractivity contribution < 1.29 is 23.1 Å². The number of amides is 1. The maximum atomic E-state index is 13.5. The number of allylic oxidation sites excluding steroid dienone is 1. The zero-order valence-electron chi connectivity index (χ0n) is 25.1. The fourth-order valence-corrected chi connectivity index (χ4v) is 9.82. The molecule has 232 valence electrons. The van der Waals surface area contributed by atoms with Gasteiger partial charge >= 0.3 is 0 Å². The van der Waals surface area contributed by atoms with E-state index in [0.29, 0.717) is 43.7 Å². The second-order valence-electron chi connectivity index (χ2n) is 13.2. The average molecular weight is 627 g/mol. The molecule has 4 aliphatic rings. The van der Waals surface area contributed by atoms with Crippen LogP contribution in [0, 0.1) is 17.8 Å². The topological polar surface area (TPSA) is 95.9 Å². The Labute approximate surface area is 260 Å². The summed E-state index contributed by atoms with van der Waals surface area (Å²) < 4.78 is 36.0. The zero-order chi connectivity index (χ0) is 30.4. The van der Waals surface area contributed by atoms with Gasteiger partial charge in [0.05, 0.1) is 23.6 Å². The van der Waals surface area contributed by atoms with Gasteiger partial charge in [-0.1, -0.05) is 50.1 Å². The maximum Gasteiger partial charge on any atom is 0.264 e. The predicted octanol–water partition coefficient (Wildman–Crippen LogP) is 6.02. The lowest BCUT2D eigenvalue weighted by Crippen LogP contribution is -2.49. The fraction of sp³-hybridized carbons (Fsp3) is 0.559. The van der Waals surface area contributed by atoms with Crippen LogP contribution < -0.4 is 14.4 Å². The molecule has 1 saturated carbocycles. The van der Waals surface area contributed by atoms with E-state index in [9.17, 15) is 18.3 Å². The van der Waals surface area contributed by atoms with E-state index in [1.807, 2.05) is 32.1 Å². The third-order valence-corrected chi connectivity index (χ3v) is 12.6. The number of sulfonamides is 1. The number of aryl methyl sites for hydroxylation is 1. The number of aliphatic hydroxyl groups excluding tert-OH is 1. The Hall–Kier alpha value is -2.55. The molecule has 2 aliphatic heterocycles. The zero-order valence-corrected chi connectivity index (χ0v) is 26.7. The number of fused-ring (bicyclic) bond motifs is 4. The van der Waals surface area contributed by atoms with Crippen molar-refractivity contribution in [3.63, 3.8) is 0 Å². The molecule has 0 radical (unpaired) electrons. The molecule has 6 atom stereocenters. The van der Waals surface area contributed by atoms with E-state index in [1.165, 1.54) is 11.1 Å². The number of ether oxygens (including phenoxy) is 1. The highest BCUT2D eigenvalue weighted by molar-refractivity contribution is 7.90. The summed E-state index contributed by atoms with van der Waals surface area (Å²) in [7, 11) is -3.93. The second-order valence-corrected chi connectivity index (χ2v) is 15.6. The van der Waals surface area contributed by atoms with Gasteiger partial charge in [-0.2, -0.15) is 0 Å². The van der Waals surface area contributed by atoms with Gasteiger partial charge in [0.15, 0.2) is 0 Å². The third kappa shape index (κ3) is 5.95. The van der Waals surface area contributed by atoms with E-state index < -0.39 is 27.3 Å². The number of nitrogens with zero attached hydrogens (tertiary/aromatic N) is 1. The predicted molar refractivity (Wildman–Crippen MR) is 170 cm³/mol. The number of hydrogen-bond acceptors (Lipinski definition) is 6. The highest BCUT2D eigenvalue weighted by Crippen LogP contribution is 2.46. The Kier molecular flexibility index (Phi) is 8.57. The van der Waals surface area contributed by atoms with Crippen LogP contribution in [-0.2, 0) is 21.9 Å². The lowest BCUT2D eigenvalue weighted by molar-refractivity contribution is 0.0455. The molecule has 9 heteroatoms. The number of anilines is 1. The number of carbonyl (C=O) groups excluding carboxylic acids is 1. The van der Waals surface area contributed by atoms with E-state index in [1.54, 1.807) is 18.2 Å². The summed E-state index contributed by atoms with van der Waals surface area (Å²) in [5, 5.41) is 11.2. The molecule has 1 fully saturated rings. The molecule has 1 amide bonds. The van der Waals surface area contributed by atoms with Crippen LogP contribution in [0.5, 0.6) is 5.75 Å². The molecule has 43 heavy (non-hydrogen) atoms. The van der Waals surface area contributed by atoms with Crippen molar-refractivity contribution in [2.45, 2.75) is 82.0 Å². The van der Waals surface area contributed by atoms with E-state index in [0.717, 1.165) is 49.4 Å². The van der Waals surface area contributed by atoms with E-state index in [-0.39, 0.29) is 23.2 Å². The van der Waals surface area contributed by atoms with Crippen LogP contribution in [0.25, 0.3) is 0 Å². The molecular formula is C34H43ClN2O5S. The minimum atomic E-state index is -3.93. The minimum absolute atomic E-state index is 0.127. The molecule has 2 aliphatic carbocycles. The van der Waals surface area contributed by atoms with Gasteiger partial charge in [-0.15, -0.1) is 0 Å². The van der Waals surface area contributed by atoms with Crippen LogP contribution in [0.3, 0.4) is 0 Å². The second kappa shape index (κ2) is 12.1. The van der Waals surface area contributed by atoms with Gasteiger partial charge in [0.25, 0.3) is 5.91 Å². The summed E-state index contributed by atoms with van der Waals surface area (Å²) in [5.41, 5.74) is 3.35. The Morgan fingerprint density at radius 2 is 2.02 bits per heavy atom. The molecule has 6 rings (SSSR count).